The highest BCUT2D eigenvalue weighted by Crippen LogP contribution is 2.25. The van der Waals surface area contributed by atoms with Gasteiger partial charge in [0, 0.05) is 11.9 Å². The predicted molar refractivity (Wildman–Crippen MR) is 65.7 cm³/mol. The second-order valence-electron chi connectivity index (χ2n) is 4.73. The van der Waals surface area contributed by atoms with Gasteiger partial charge in [0.05, 0.1) is 6.10 Å². The molecule has 94 valence electrons. The van der Waals surface area contributed by atoms with Crippen molar-refractivity contribution in [3.05, 3.63) is 0 Å². The van der Waals surface area contributed by atoms with Crippen LogP contribution in [0.25, 0.3) is 0 Å². The number of hydrogen-bond donors (Lipinski definition) is 1. The first kappa shape index (κ1) is 13.8. The number of amides is 1. The van der Waals surface area contributed by atoms with E-state index in [0.717, 1.165) is 12.8 Å². The first-order valence-electron chi connectivity index (χ1n) is 6.10. The molecule has 2 atom stereocenters. The third kappa shape index (κ3) is 4.71. The van der Waals surface area contributed by atoms with Gasteiger partial charge in [-0.15, -0.1) is 11.6 Å². The van der Waals surface area contributed by atoms with E-state index in [1.54, 1.807) is 0 Å². The van der Waals surface area contributed by atoms with Crippen LogP contribution in [0.1, 0.15) is 39.5 Å². The summed E-state index contributed by atoms with van der Waals surface area (Å²) in [6.07, 6.45) is 4.68. The van der Waals surface area contributed by atoms with Crippen molar-refractivity contribution in [1.29, 1.82) is 0 Å². The predicted octanol–water partition coefficient (Wildman–Crippen LogP) is 2.33. The standard InChI is InChI=1S/C12H22ClNO2/c1-9(2)16-8-12(15)14-11-6-4-3-5-10(11)7-13/h9-11H,3-8H2,1-2H3,(H,14,15). The molecular weight excluding hydrogens is 226 g/mol. The Hall–Kier alpha value is -0.280. The molecule has 0 heterocycles. The van der Waals surface area contributed by atoms with Crippen molar-refractivity contribution in [1.82, 2.24) is 5.32 Å². The maximum Gasteiger partial charge on any atom is 0.246 e. The molecule has 16 heavy (non-hydrogen) atoms. The number of halogens is 1. The smallest absolute Gasteiger partial charge is 0.246 e. The van der Waals surface area contributed by atoms with E-state index in [9.17, 15) is 4.79 Å². The summed E-state index contributed by atoms with van der Waals surface area (Å²) in [6, 6.07) is 0.245. The van der Waals surface area contributed by atoms with E-state index in [1.165, 1.54) is 12.8 Å². The Morgan fingerprint density at radius 3 is 2.75 bits per heavy atom. The third-order valence-electron chi connectivity index (χ3n) is 3.00. The first-order valence-corrected chi connectivity index (χ1v) is 6.64. The maximum absolute atomic E-state index is 11.6. The van der Waals surface area contributed by atoms with Crippen LogP contribution in [0.3, 0.4) is 0 Å². The fraction of sp³-hybridized carbons (Fsp3) is 0.917. The molecule has 0 spiro atoms. The average Bonchev–Trinajstić information content (AvgIpc) is 2.27. The minimum absolute atomic E-state index is 0.0179. The summed E-state index contributed by atoms with van der Waals surface area (Å²) in [5.41, 5.74) is 0. The Kier molecular flexibility index (Phi) is 6.14. The first-order chi connectivity index (χ1) is 7.63. The van der Waals surface area contributed by atoms with E-state index in [4.69, 9.17) is 16.3 Å². The normalized spacial score (nSPS) is 25.8. The van der Waals surface area contributed by atoms with Gasteiger partial charge in [-0.3, -0.25) is 4.79 Å². The molecular formula is C12H22ClNO2. The minimum Gasteiger partial charge on any atom is -0.369 e. The van der Waals surface area contributed by atoms with Crippen LogP contribution >= 0.6 is 11.6 Å². The van der Waals surface area contributed by atoms with Crippen LogP contribution < -0.4 is 5.32 Å². The average molecular weight is 248 g/mol. The Morgan fingerprint density at radius 1 is 1.44 bits per heavy atom. The second kappa shape index (κ2) is 7.13. The van der Waals surface area contributed by atoms with E-state index in [0.29, 0.717) is 11.8 Å². The van der Waals surface area contributed by atoms with Gasteiger partial charge in [0.1, 0.15) is 6.61 Å². The van der Waals surface area contributed by atoms with E-state index in [-0.39, 0.29) is 24.7 Å². The number of carbonyl (C=O) groups excluding carboxylic acids is 1. The van der Waals surface area contributed by atoms with E-state index in [2.05, 4.69) is 5.32 Å². The number of ether oxygens (including phenoxy) is 1. The fourth-order valence-electron chi connectivity index (χ4n) is 2.07. The van der Waals surface area contributed by atoms with Gasteiger partial charge in [-0.1, -0.05) is 12.8 Å². The Balaban J connectivity index is 2.30. The summed E-state index contributed by atoms with van der Waals surface area (Å²) in [4.78, 5) is 11.6. The van der Waals surface area contributed by atoms with Crippen molar-refractivity contribution in [2.24, 2.45) is 5.92 Å². The molecule has 1 aliphatic carbocycles. The van der Waals surface area contributed by atoms with Crippen molar-refractivity contribution in [3.8, 4) is 0 Å². The summed E-state index contributed by atoms with van der Waals surface area (Å²) in [5.74, 6) is 1.05. The summed E-state index contributed by atoms with van der Waals surface area (Å²) in [7, 11) is 0. The molecule has 1 saturated carbocycles. The SMILES string of the molecule is CC(C)OCC(=O)NC1CCCCC1CCl. The summed E-state index contributed by atoms with van der Waals surface area (Å²) in [6.45, 7) is 4.01. The number of alkyl halides is 1. The molecule has 0 bridgehead atoms. The van der Waals surface area contributed by atoms with Crippen LogP contribution in [0.15, 0.2) is 0 Å². The monoisotopic (exact) mass is 247 g/mol. The van der Waals surface area contributed by atoms with Crippen LogP contribution in [-0.2, 0) is 9.53 Å². The number of carbonyl (C=O) groups is 1. The lowest BCUT2D eigenvalue weighted by molar-refractivity contribution is -0.128. The van der Waals surface area contributed by atoms with Crippen molar-refractivity contribution in [2.75, 3.05) is 12.5 Å². The van der Waals surface area contributed by atoms with Crippen LogP contribution in [0.2, 0.25) is 0 Å². The highest BCUT2D eigenvalue weighted by molar-refractivity contribution is 6.18. The zero-order valence-corrected chi connectivity index (χ0v) is 10.9. The molecule has 0 aliphatic heterocycles. The highest BCUT2D eigenvalue weighted by Gasteiger charge is 2.25. The lowest BCUT2D eigenvalue weighted by Gasteiger charge is -2.30. The Labute approximate surface area is 103 Å². The van der Waals surface area contributed by atoms with Crippen LogP contribution in [0.4, 0.5) is 0 Å². The van der Waals surface area contributed by atoms with Gasteiger partial charge in [-0.05, 0) is 32.6 Å². The molecule has 2 unspecified atom stereocenters. The van der Waals surface area contributed by atoms with Crippen molar-refractivity contribution >= 4 is 17.5 Å². The van der Waals surface area contributed by atoms with E-state index < -0.39 is 0 Å². The molecule has 0 saturated heterocycles. The molecule has 1 fully saturated rings. The largest absolute Gasteiger partial charge is 0.369 e. The summed E-state index contributed by atoms with van der Waals surface area (Å²) in [5, 5.41) is 3.03. The number of hydrogen-bond acceptors (Lipinski definition) is 2. The molecule has 1 rings (SSSR count). The molecule has 0 aromatic carbocycles. The van der Waals surface area contributed by atoms with Crippen molar-refractivity contribution in [3.63, 3.8) is 0 Å². The van der Waals surface area contributed by atoms with Gasteiger partial charge >= 0.3 is 0 Å². The fourth-order valence-corrected chi connectivity index (χ4v) is 2.44. The quantitative estimate of drug-likeness (QED) is 0.758. The van der Waals surface area contributed by atoms with Gasteiger partial charge in [0.2, 0.25) is 5.91 Å². The van der Waals surface area contributed by atoms with E-state index >= 15 is 0 Å². The second-order valence-corrected chi connectivity index (χ2v) is 5.04. The molecule has 0 radical (unpaired) electrons. The lowest BCUT2D eigenvalue weighted by Crippen LogP contribution is -2.44. The molecule has 3 nitrogen and oxygen atoms in total. The van der Waals surface area contributed by atoms with Crippen LogP contribution in [0.5, 0.6) is 0 Å². The van der Waals surface area contributed by atoms with Gasteiger partial charge in [-0.2, -0.15) is 0 Å². The van der Waals surface area contributed by atoms with Crippen LogP contribution in [0, 0.1) is 5.92 Å². The molecule has 0 aromatic rings. The summed E-state index contributed by atoms with van der Waals surface area (Å²) < 4.78 is 5.27. The Morgan fingerprint density at radius 2 is 2.12 bits per heavy atom. The van der Waals surface area contributed by atoms with Gasteiger partial charge in [0.15, 0.2) is 0 Å². The summed E-state index contributed by atoms with van der Waals surface area (Å²) >= 11 is 5.90. The molecule has 0 aromatic heterocycles. The zero-order chi connectivity index (χ0) is 12.0. The van der Waals surface area contributed by atoms with Gasteiger partial charge in [0.25, 0.3) is 0 Å². The third-order valence-corrected chi connectivity index (χ3v) is 3.40. The van der Waals surface area contributed by atoms with Gasteiger partial charge in [-0.25, -0.2) is 0 Å². The van der Waals surface area contributed by atoms with Crippen LogP contribution in [-0.4, -0.2) is 30.5 Å². The van der Waals surface area contributed by atoms with Gasteiger partial charge < -0.3 is 10.1 Å². The maximum atomic E-state index is 11.6. The number of rotatable bonds is 5. The highest BCUT2D eigenvalue weighted by atomic mass is 35.5. The topological polar surface area (TPSA) is 38.3 Å². The minimum atomic E-state index is -0.0179. The molecule has 1 aliphatic rings. The Bertz CT molecular complexity index is 221. The van der Waals surface area contributed by atoms with Crippen molar-refractivity contribution < 1.29 is 9.53 Å². The van der Waals surface area contributed by atoms with Crippen molar-refractivity contribution in [2.45, 2.75) is 51.7 Å². The molecule has 4 heteroatoms. The molecule has 1 amide bonds. The zero-order valence-electron chi connectivity index (χ0n) is 10.2. The molecule has 1 N–H and O–H groups in total. The van der Waals surface area contributed by atoms with E-state index in [1.807, 2.05) is 13.8 Å². The number of nitrogens with one attached hydrogen (secondary N) is 1. The lowest BCUT2D eigenvalue weighted by atomic mass is 9.86.